The molecular weight excluding hydrogens is 362 g/mol. The average Bonchev–Trinajstić information content (AvgIpc) is 2.77. The predicted octanol–water partition coefficient (Wildman–Crippen LogP) is 3.03. The second-order valence-corrected chi connectivity index (χ2v) is 5.46. The number of aryl methyl sites for hydroxylation is 1. The lowest BCUT2D eigenvalue weighted by atomic mass is 10.2. The van der Waals surface area contributed by atoms with E-state index in [9.17, 15) is 0 Å². The summed E-state index contributed by atoms with van der Waals surface area (Å²) in [5.41, 5.74) is 2.15. The van der Waals surface area contributed by atoms with Gasteiger partial charge in [0.15, 0.2) is 0 Å². The van der Waals surface area contributed by atoms with Crippen LogP contribution in [0.25, 0.3) is 0 Å². The molecular formula is C12H13Br2N3O. The predicted molar refractivity (Wildman–Crippen MR) is 77.3 cm³/mol. The molecule has 0 aliphatic heterocycles. The van der Waals surface area contributed by atoms with Crippen molar-refractivity contribution in [3.05, 3.63) is 40.1 Å². The smallest absolute Gasteiger partial charge is 0.133 e. The fourth-order valence-corrected chi connectivity index (χ4v) is 2.62. The summed E-state index contributed by atoms with van der Waals surface area (Å²) in [6.45, 7) is 0.706. The maximum Gasteiger partial charge on any atom is 0.133 e. The van der Waals surface area contributed by atoms with Crippen LogP contribution >= 0.6 is 31.9 Å². The number of ether oxygens (including phenoxy) is 1. The molecule has 0 amide bonds. The van der Waals surface area contributed by atoms with Crippen LogP contribution in [0.3, 0.4) is 0 Å². The van der Waals surface area contributed by atoms with Gasteiger partial charge in [-0.15, -0.1) is 5.10 Å². The van der Waals surface area contributed by atoms with E-state index in [1.807, 2.05) is 29.1 Å². The van der Waals surface area contributed by atoms with E-state index in [-0.39, 0.29) is 0 Å². The number of benzene rings is 1. The molecule has 0 N–H and O–H groups in total. The van der Waals surface area contributed by atoms with Gasteiger partial charge in [-0.25, -0.2) is 4.68 Å². The Kier molecular flexibility index (Phi) is 4.77. The van der Waals surface area contributed by atoms with Crippen molar-refractivity contribution < 1.29 is 4.74 Å². The number of methoxy groups -OCH3 is 1. The molecule has 0 fully saturated rings. The van der Waals surface area contributed by atoms with Gasteiger partial charge in [0.25, 0.3) is 0 Å². The molecule has 0 aliphatic rings. The van der Waals surface area contributed by atoms with Crippen LogP contribution in [0.15, 0.2) is 28.9 Å². The zero-order valence-corrected chi connectivity index (χ0v) is 13.1. The maximum atomic E-state index is 5.20. The lowest BCUT2D eigenvalue weighted by Gasteiger charge is -2.06. The van der Waals surface area contributed by atoms with Gasteiger partial charge in [-0.1, -0.05) is 27.2 Å². The Balaban J connectivity index is 2.10. The van der Waals surface area contributed by atoms with Gasteiger partial charge in [-0.05, 0) is 33.6 Å². The van der Waals surface area contributed by atoms with Crippen LogP contribution in [0.4, 0.5) is 0 Å². The number of aromatic nitrogens is 3. The third-order valence-electron chi connectivity index (χ3n) is 2.50. The van der Waals surface area contributed by atoms with Gasteiger partial charge in [-0.2, -0.15) is 0 Å². The van der Waals surface area contributed by atoms with E-state index in [2.05, 4.69) is 42.2 Å². The highest BCUT2D eigenvalue weighted by Crippen LogP contribution is 2.25. The first-order valence-corrected chi connectivity index (χ1v) is 7.41. The molecule has 0 spiro atoms. The minimum atomic E-state index is 0.706. The number of nitrogens with zero attached hydrogens (tertiary/aromatic N) is 3. The molecule has 1 aromatic carbocycles. The number of alkyl halides is 1. The summed E-state index contributed by atoms with van der Waals surface area (Å²) in [5.74, 6) is 0.831. The molecule has 1 aromatic heterocycles. The largest absolute Gasteiger partial charge is 0.496 e. The van der Waals surface area contributed by atoms with Gasteiger partial charge in [0, 0.05) is 17.9 Å². The van der Waals surface area contributed by atoms with Crippen LogP contribution in [0, 0.1) is 0 Å². The Hall–Kier alpha value is -0.880. The van der Waals surface area contributed by atoms with Gasteiger partial charge in [0.1, 0.15) is 5.75 Å². The first-order chi connectivity index (χ1) is 8.72. The van der Waals surface area contributed by atoms with Crippen molar-refractivity contribution in [2.75, 3.05) is 12.4 Å². The van der Waals surface area contributed by atoms with Crippen molar-refractivity contribution in [1.29, 1.82) is 0 Å². The van der Waals surface area contributed by atoms with Crippen molar-refractivity contribution in [2.24, 2.45) is 0 Å². The van der Waals surface area contributed by atoms with Gasteiger partial charge < -0.3 is 4.74 Å². The number of rotatable bonds is 5. The maximum absolute atomic E-state index is 5.20. The van der Waals surface area contributed by atoms with Crippen LogP contribution in [0.1, 0.15) is 11.3 Å². The third-order valence-corrected chi connectivity index (χ3v) is 3.51. The van der Waals surface area contributed by atoms with E-state index >= 15 is 0 Å². The fraction of sp³-hybridized carbons (Fsp3) is 0.333. The SMILES string of the molecule is COc1ccc(Cn2cc(CCBr)nn2)cc1Br. The normalized spacial score (nSPS) is 10.6. The van der Waals surface area contributed by atoms with Gasteiger partial charge in [0.2, 0.25) is 0 Å². The molecule has 0 atom stereocenters. The van der Waals surface area contributed by atoms with Crippen LogP contribution in [0.5, 0.6) is 5.75 Å². The van der Waals surface area contributed by atoms with E-state index in [0.717, 1.165) is 33.2 Å². The summed E-state index contributed by atoms with van der Waals surface area (Å²) >= 11 is 6.86. The van der Waals surface area contributed by atoms with Crippen molar-refractivity contribution >= 4 is 31.9 Å². The molecule has 0 saturated heterocycles. The van der Waals surface area contributed by atoms with Crippen molar-refractivity contribution in [3.8, 4) is 5.75 Å². The van der Waals surface area contributed by atoms with Crippen molar-refractivity contribution in [1.82, 2.24) is 15.0 Å². The molecule has 0 bridgehead atoms. The first kappa shape index (κ1) is 13.5. The monoisotopic (exact) mass is 373 g/mol. The number of hydrogen-bond donors (Lipinski definition) is 0. The molecule has 18 heavy (non-hydrogen) atoms. The molecule has 2 aromatic rings. The minimum Gasteiger partial charge on any atom is -0.496 e. The highest BCUT2D eigenvalue weighted by molar-refractivity contribution is 9.10. The Labute approximate surface area is 123 Å². The van der Waals surface area contributed by atoms with E-state index in [4.69, 9.17) is 4.74 Å². The van der Waals surface area contributed by atoms with Gasteiger partial charge in [0.05, 0.1) is 23.8 Å². The Morgan fingerprint density at radius 2 is 2.22 bits per heavy atom. The zero-order chi connectivity index (χ0) is 13.0. The molecule has 2 rings (SSSR count). The van der Waals surface area contributed by atoms with Crippen LogP contribution < -0.4 is 4.74 Å². The second kappa shape index (κ2) is 6.33. The molecule has 0 aliphatic carbocycles. The minimum absolute atomic E-state index is 0.706. The summed E-state index contributed by atoms with van der Waals surface area (Å²) in [5, 5.41) is 9.11. The Morgan fingerprint density at radius 1 is 1.39 bits per heavy atom. The van der Waals surface area contributed by atoms with Crippen molar-refractivity contribution in [3.63, 3.8) is 0 Å². The fourth-order valence-electron chi connectivity index (χ4n) is 1.62. The van der Waals surface area contributed by atoms with E-state index in [1.54, 1.807) is 7.11 Å². The highest BCUT2D eigenvalue weighted by Gasteiger charge is 2.04. The number of halogens is 2. The van der Waals surface area contributed by atoms with E-state index in [1.165, 1.54) is 0 Å². The topological polar surface area (TPSA) is 39.9 Å². The van der Waals surface area contributed by atoms with Crippen LogP contribution in [0.2, 0.25) is 0 Å². The lowest BCUT2D eigenvalue weighted by Crippen LogP contribution is -2.00. The summed E-state index contributed by atoms with van der Waals surface area (Å²) in [6, 6.07) is 6.00. The Morgan fingerprint density at radius 3 is 2.89 bits per heavy atom. The molecule has 6 heteroatoms. The van der Waals surface area contributed by atoms with Gasteiger partial charge in [-0.3, -0.25) is 0 Å². The van der Waals surface area contributed by atoms with Crippen LogP contribution in [-0.4, -0.2) is 27.4 Å². The molecule has 1 heterocycles. The summed E-state index contributed by atoms with van der Waals surface area (Å²) in [4.78, 5) is 0. The average molecular weight is 375 g/mol. The highest BCUT2D eigenvalue weighted by atomic mass is 79.9. The summed E-state index contributed by atoms with van der Waals surface area (Å²) in [7, 11) is 1.66. The van der Waals surface area contributed by atoms with Crippen molar-refractivity contribution in [2.45, 2.75) is 13.0 Å². The van der Waals surface area contributed by atoms with Gasteiger partial charge >= 0.3 is 0 Å². The van der Waals surface area contributed by atoms with E-state index < -0.39 is 0 Å². The lowest BCUT2D eigenvalue weighted by molar-refractivity contribution is 0.412. The molecule has 4 nitrogen and oxygen atoms in total. The summed E-state index contributed by atoms with van der Waals surface area (Å²) in [6.07, 6.45) is 2.87. The zero-order valence-electron chi connectivity index (χ0n) is 9.94. The molecule has 0 saturated carbocycles. The second-order valence-electron chi connectivity index (χ2n) is 3.82. The standard InChI is InChI=1S/C12H13Br2N3O/c1-18-12-3-2-9(6-11(12)14)7-17-8-10(4-5-13)15-16-17/h2-3,6,8H,4-5,7H2,1H3. The molecule has 0 unspecified atom stereocenters. The quantitative estimate of drug-likeness (QED) is 0.755. The summed E-state index contributed by atoms with van der Waals surface area (Å²) < 4.78 is 7.99. The first-order valence-electron chi connectivity index (χ1n) is 5.50. The van der Waals surface area contributed by atoms with E-state index in [0.29, 0.717) is 6.54 Å². The number of hydrogen-bond acceptors (Lipinski definition) is 3. The van der Waals surface area contributed by atoms with Crippen LogP contribution in [-0.2, 0) is 13.0 Å². The molecule has 0 radical (unpaired) electrons. The third kappa shape index (κ3) is 3.32. The molecule has 96 valence electrons. The Bertz CT molecular complexity index is 528.